The summed E-state index contributed by atoms with van der Waals surface area (Å²) in [5.74, 6) is -0.202. The largest absolute Gasteiger partial charge is 0.469 e. The SMILES string of the molecule is COC(=O)CCCCCNc1ccccc1[N+](=O)[O-]. The highest BCUT2D eigenvalue weighted by Crippen LogP contribution is 2.23. The summed E-state index contributed by atoms with van der Waals surface area (Å²) >= 11 is 0. The van der Waals surface area contributed by atoms with Gasteiger partial charge in [0.2, 0.25) is 0 Å². The second-order valence-corrected chi connectivity index (χ2v) is 4.09. The molecule has 0 aliphatic rings. The average molecular weight is 266 g/mol. The number of nitro groups is 1. The maximum absolute atomic E-state index is 10.9. The lowest BCUT2D eigenvalue weighted by Gasteiger charge is -2.06. The van der Waals surface area contributed by atoms with Gasteiger partial charge in [-0.25, -0.2) is 0 Å². The van der Waals surface area contributed by atoms with Gasteiger partial charge >= 0.3 is 5.97 Å². The zero-order valence-electron chi connectivity index (χ0n) is 10.9. The van der Waals surface area contributed by atoms with E-state index in [9.17, 15) is 14.9 Å². The van der Waals surface area contributed by atoms with Gasteiger partial charge in [0, 0.05) is 19.0 Å². The van der Waals surface area contributed by atoms with Crippen LogP contribution in [0.1, 0.15) is 25.7 Å². The van der Waals surface area contributed by atoms with Crippen LogP contribution in [0.5, 0.6) is 0 Å². The molecular formula is C13H18N2O4. The molecule has 1 aromatic rings. The number of nitro benzene ring substituents is 1. The molecule has 0 aliphatic heterocycles. The number of carbonyl (C=O) groups excluding carboxylic acids is 1. The first-order chi connectivity index (χ1) is 9.15. The first-order valence-electron chi connectivity index (χ1n) is 6.19. The highest BCUT2D eigenvalue weighted by molar-refractivity contribution is 5.69. The summed E-state index contributed by atoms with van der Waals surface area (Å²) in [6.07, 6.45) is 2.92. The Bertz CT molecular complexity index is 434. The molecule has 1 N–H and O–H groups in total. The maximum Gasteiger partial charge on any atom is 0.305 e. The van der Waals surface area contributed by atoms with E-state index in [1.54, 1.807) is 18.2 Å². The van der Waals surface area contributed by atoms with Crippen molar-refractivity contribution in [3.63, 3.8) is 0 Å². The summed E-state index contributed by atoms with van der Waals surface area (Å²) in [5.41, 5.74) is 0.609. The van der Waals surface area contributed by atoms with Crippen molar-refractivity contribution in [3.8, 4) is 0 Å². The van der Waals surface area contributed by atoms with Crippen LogP contribution in [0.3, 0.4) is 0 Å². The van der Waals surface area contributed by atoms with Crippen molar-refractivity contribution < 1.29 is 14.5 Å². The van der Waals surface area contributed by atoms with Gasteiger partial charge < -0.3 is 10.1 Å². The molecule has 1 aromatic carbocycles. The Morgan fingerprint density at radius 1 is 1.32 bits per heavy atom. The van der Waals surface area contributed by atoms with E-state index in [2.05, 4.69) is 10.1 Å². The summed E-state index contributed by atoms with van der Waals surface area (Å²) in [7, 11) is 1.37. The molecule has 0 aromatic heterocycles. The molecule has 19 heavy (non-hydrogen) atoms. The number of unbranched alkanes of at least 4 members (excludes halogenated alkanes) is 2. The number of hydrogen-bond acceptors (Lipinski definition) is 5. The van der Waals surface area contributed by atoms with Crippen LogP contribution < -0.4 is 5.32 Å². The molecule has 6 nitrogen and oxygen atoms in total. The summed E-state index contributed by atoms with van der Waals surface area (Å²) < 4.78 is 4.54. The van der Waals surface area contributed by atoms with Gasteiger partial charge in [-0.1, -0.05) is 18.6 Å². The van der Waals surface area contributed by atoms with Gasteiger partial charge in [-0.2, -0.15) is 0 Å². The van der Waals surface area contributed by atoms with Gasteiger partial charge in [-0.15, -0.1) is 0 Å². The Labute approximate surface area is 111 Å². The molecule has 0 heterocycles. The molecule has 0 saturated carbocycles. The number of methoxy groups -OCH3 is 1. The van der Waals surface area contributed by atoms with Crippen LogP contribution in [-0.2, 0) is 9.53 Å². The molecule has 0 atom stereocenters. The second-order valence-electron chi connectivity index (χ2n) is 4.09. The molecule has 0 saturated heterocycles. The summed E-state index contributed by atoms with van der Waals surface area (Å²) in [4.78, 5) is 21.2. The minimum Gasteiger partial charge on any atom is -0.469 e. The number of hydrogen-bond donors (Lipinski definition) is 1. The molecule has 0 aliphatic carbocycles. The van der Waals surface area contributed by atoms with Crippen molar-refractivity contribution in [3.05, 3.63) is 34.4 Å². The molecular weight excluding hydrogens is 248 g/mol. The van der Waals surface area contributed by atoms with Crippen LogP contribution >= 0.6 is 0 Å². The number of para-hydroxylation sites is 2. The summed E-state index contributed by atoms with van der Waals surface area (Å²) in [5, 5.41) is 13.8. The number of nitrogens with zero attached hydrogens (tertiary/aromatic N) is 1. The molecule has 0 bridgehead atoms. The van der Waals surface area contributed by atoms with Crippen molar-refractivity contribution in [2.75, 3.05) is 19.0 Å². The Kier molecular flexibility index (Phi) is 6.35. The zero-order chi connectivity index (χ0) is 14.1. The van der Waals surface area contributed by atoms with E-state index in [-0.39, 0.29) is 11.7 Å². The fourth-order valence-corrected chi connectivity index (χ4v) is 1.68. The molecule has 104 valence electrons. The standard InChI is InChI=1S/C13H18N2O4/c1-19-13(16)9-3-2-6-10-14-11-7-4-5-8-12(11)15(17)18/h4-5,7-8,14H,2-3,6,9-10H2,1H3. The fourth-order valence-electron chi connectivity index (χ4n) is 1.68. The normalized spacial score (nSPS) is 9.95. The lowest BCUT2D eigenvalue weighted by Crippen LogP contribution is -2.05. The van der Waals surface area contributed by atoms with Gasteiger partial charge in [0.05, 0.1) is 12.0 Å². The van der Waals surface area contributed by atoms with Gasteiger partial charge in [-0.05, 0) is 18.9 Å². The maximum atomic E-state index is 10.9. The van der Waals surface area contributed by atoms with Crippen LogP contribution in [0.4, 0.5) is 11.4 Å². The number of carbonyl (C=O) groups is 1. The third-order valence-corrected chi connectivity index (χ3v) is 2.70. The third kappa shape index (κ3) is 5.37. The van der Waals surface area contributed by atoms with Crippen molar-refractivity contribution in [1.82, 2.24) is 0 Å². The van der Waals surface area contributed by atoms with E-state index in [0.717, 1.165) is 19.3 Å². The zero-order valence-corrected chi connectivity index (χ0v) is 10.9. The van der Waals surface area contributed by atoms with Crippen LogP contribution in [0.15, 0.2) is 24.3 Å². The minimum absolute atomic E-state index is 0.0806. The average Bonchev–Trinajstić information content (AvgIpc) is 2.42. The van der Waals surface area contributed by atoms with Crippen molar-refractivity contribution in [2.24, 2.45) is 0 Å². The van der Waals surface area contributed by atoms with E-state index >= 15 is 0 Å². The number of ether oxygens (including phenoxy) is 1. The van der Waals surface area contributed by atoms with E-state index in [1.165, 1.54) is 13.2 Å². The smallest absolute Gasteiger partial charge is 0.305 e. The van der Waals surface area contributed by atoms with E-state index in [1.807, 2.05) is 0 Å². The molecule has 6 heteroatoms. The predicted octanol–water partition coefficient (Wildman–Crippen LogP) is 2.74. The molecule has 0 amide bonds. The van der Waals surface area contributed by atoms with Gasteiger partial charge in [0.1, 0.15) is 5.69 Å². The lowest BCUT2D eigenvalue weighted by molar-refractivity contribution is -0.384. The van der Waals surface area contributed by atoms with E-state index < -0.39 is 4.92 Å². The fraction of sp³-hybridized carbons (Fsp3) is 0.462. The number of rotatable bonds is 8. The van der Waals surface area contributed by atoms with Crippen molar-refractivity contribution >= 4 is 17.3 Å². The van der Waals surface area contributed by atoms with Crippen molar-refractivity contribution in [2.45, 2.75) is 25.7 Å². The van der Waals surface area contributed by atoms with Crippen LogP contribution in [0.25, 0.3) is 0 Å². The number of esters is 1. The van der Waals surface area contributed by atoms with Crippen LogP contribution in [0.2, 0.25) is 0 Å². The summed E-state index contributed by atoms with van der Waals surface area (Å²) in [6.45, 7) is 0.645. The lowest BCUT2D eigenvalue weighted by atomic mass is 10.2. The van der Waals surface area contributed by atoms with Crippen LogP contribution in [0, 0.1) is 10.1 Å². The van der Waals surface area contributed by atoms with Gasteiger partial charge in [0.15, 0.2) is 0 Å². The molecule has 0 radical (unpaired) electrons. The van der Waals surface area contributed by atoms with E-state index in [0.29, 0.717) is 18.7 Å². The Balaban J connectivity index is 2.26. The predicted molar refractivity (Wildman–Crippen MR) is 72.1 cm³/mol. The monoisotopic (exact) mass is 266 g/mol. The third-order valence-electron chi connectivity index (χ3n) is 2.70. The minimum atomic E-state index is -0.403. The van der Waals surface area contributed by atoms with Gasteiger partial charge in [0.25, 0.3) is 5.69 Å². The van der Waals surface area contributed by atoms with Crippen LogP contribution in [-0.4, -0.2) is 24.5 Å². The second kappa shape index (κ2) is 8.07. The van der Waals surface area contributed by atoms with E-state index in [4.69, 9.17) is 0 Å². The topological polar surface area (TPSA) is 81.5 Å². The highest BCUT2D eigenvalue weighted by Gasteiger charge is 2.10. The number of nitrogens with one attached hydrogen (secondary N) is 1. The first-order valence-corrected chi connectivity index (χ1v) is 6.19. The Morgan fingerprint density at radius 3 is 2.74 bits per heavy atom. The molecule has 1 rings (SSSR count). The molecule has 0 unspecified atom stereocenters. The quantitative estimate of drug-likeness (QED) is 0.338. The Morgan fingerprint density at radius 2 is 2.05 bits per heavy atom. The molecule has 0 fully saturated rings. The molecule has 0 spiro atoms. The Hall–Kier alpha value is -2.11. The summed E-state index contributed by atoms with van der Waals surface area (Å²) in [6, 6.07) is 6.55. The number of anilines is 1. The number of benzene rings is 1. The van der Waals surface area contributed by atoms with Crippen molar-refractivity contribution in [1.29, 1.82) is 0 Å². The first kappa shape index (κ1) is 14.9. The highest BCUT2D eigenvalue weighted by atomic mass is 16.6. The van der Waals surface area contributed by atoms with Gasteiger partial charge in [-0.3, -0.25) is 14.9 Å².